The van der Waals surface area contributed by atoms with Crippen LogP contribution in [-0.2, 0) is 6.42 Å². The number of pyridine rings is 1. The minimum absolute atomic E-state index is 0.645. The number of nitrogens with one attached hydrogen (secondary N) is 1. The molecule has 1 aromatic heterocycles. The molecular weight excluding hydrogens is 184 g/mol. The summed E-state index contributed by atoms with van der Waals surface area (Å²) in [7, 11) is 0. The maximum atomic E-state index is 4.34. The first-order chi connectivity index (χ1) is 7.36. The Morgan fingerprint density at radius 1 is 1.33 bits per heavy atom. The van der Waals surface area contributed by atoms with E-state index < -0.39 is 0 Å². The summed E-state index contributed by atoms with van der Waals surface area (Å²) in [6, 6.07) is 6.78. The Morgan fingerprint density at radius 2 is 2.20 bits per heavy atom. The van der Waals surface area contributed by atoms with Crippen molar-refractivity contribution in [3.05, 3.63) is 30.1 Å². The van der Waals surface area contributed by atoms with Crippen LogP contribution in [0.1, 0.15) is 38.8 Å². The van der Waals surface area contributed by atoms with E-state index in [9.17, 15) is 0 Å². The SMILES string of the molecule is CCCNC(CC)CCc1ccccn1. The van der Waals surface area contributed by atoms with Gasteiger partial charge in [0, 0.05) is 17.9 Å². The third-order valence-corrected chi connectivity index (χ3v) is 2.65. The molecule has 0 aromatic carbocycles. The van der Waals surface area contributed by atoms with E-state index >= 15 is 0 Å². The van der Waals surface area contributed by atoms with E-state index in [1.54, 1.807) is 0 Å². The lowest BCUT2D eigenvalue weighted by molar-refractivity contribution is 0.466. The predicted molar refractivity (Wildman–Crippen MR) is 64.9 cm³/mol. The number of nitrogens with zero attached hydrogens (tertiary/aromatic N) is 1. The lowest BCUT2D eigenvalue weighted by Gasteiger charge is -2.15. The van der Waals surface area contributed by atoms with E-state index in [2.05, 4.69) is 36.3 Å². The minimum atomic E-state index is 0.645. The van der Waals surface area contributed by atoms with Crippen LogP contribution >= 0.6 is 0 Å². The molecule has 2 nitrogen and oxygen atoms in total. The zero-order chi connectivity index (χ0) is 10.9. The molecule has 0 radical (unpaired) electrons. The standard InChI is InChI=1S/C13H22N2/c1-3-10-14-12(4-2)8-9-13-7-5-6-11-15-13/h5-7,11-12,14H,3-4,8-10H2,1-2H3. The van der Waals surface area contributed by atoms with Gasteiger partial charge >= 0.3 is 0 Å². The minimum Gasteiger partial charge on any atom is -0.314 e. The molecule has 1 heterocycles. The average Bonchev–Trinajstić information content (AvgIpc) is 2.31. The Balaban J connectivity index is 2.28. The van der Waals surface area contributed by atoms with Crippen molar-refractivity contribution in [1.82, 2.24) is 10.3 Å². The fraction of sp³-hybridized carbons (Fsp3) is 0.615. The zero-order valence-electron chi connectivity index (χ0n) is 9.87. The highest BCUT2D eigenvalue weighted by Crippen LogP contribution is 2.04. The van der Waals surface area contributed by atoms with Crippen LogP contribution in [-0.4, -0.2) is 17.6 Å². The quantitative estimate of drug-likeness (QED) is 0.742. The third-order valence-electron chi connectivity index (χ3n) is 2.65. The van der Waals surface area contributed by atoms with Crippen molar-refractivity contribution in [2.75, 3.05) is 6.54 Å². The average molecular weight is 206 g/mol. The summed E-state index contributed by atoms with van der Waals surface area (Å²) in [5.41, 5.74) is 1.20. The molecule has 15 heavy (non-hydrogen) atoms. The molecule has 0 saturated carbocycles. The third kappa shape index (κ3) is 4.93. The molecule has 0 aliphatic rings. The predicted octanol–water partition coefficient (Wildman–Crippen LogP) is 2.79. The van der Waals surface area contributed by atoms with Gasteiger partial charge in [-0.1, -0.05) is 19.9 Å². The van der Waals surface area contributed by atoms with Gasteiger partial charge in [0.05, 0.1) is 0 Å². The second-order valence-electron chi connectivity index (χ2n) is 3.92. The summed E-state index contributed by atoms with van der Waals surface area (Å²) in [6.07, 6.45) is 6.55. The fourth-order valence-electron chi connectivity index (χ4n) is 1.67. The van der Waals surface area contributed by atoms with Crippen LogP contribution in [0.15, 0.2) is 24.4 Å². The van der Waals surface area contributed by atoms with Crippen LogP contribution in [0.3, 0.4) is 0 Å². The van der Waals surface area contributed by atoms with Crippen molar-refractivity contribution < 1.29 is 0 Å². The lowest BCUT2D eigenvalue weighted by atomic mass is 10.1. The smallest absolute Gasteiger partial charge is 0.0404 e. The molecule has 0 aliphatic heterocycles. The van der Waals surface area contributed by atoms with Crippen LogP contribution in [0.5, 0.6) is 0 Å². The molecular formula is C13H22N2. The van der Waals surface area contributed by atoms with Gasteiger partial charge in [-0.25, -0.2) is 0 Å². The van der Waals surface area contributed by atoms with Gasteiger partial charge in [0.1, 0.15) is 0 Å². The van der Waals surface area contributed by atoms with Crippen molar-refractivity contribution in [2.24, 2.45) is 0 Å². The van der Waals surface area contributed by atoms with Crippen LogP contribution in [0.4, 0.5) is 0 Å². The van der Waals surface area contributed by atoms with Crippen LogP contribution in [0.25, 0.3) is 0 Å². The van der Waals surface area contributed by atoms with Crippen molar-refractivity contribution in [3.63, 3.8) is 0 Å². The summed E-state index contributed by atoms with van der Waals surface area (Å²) in [5, 5.41) is 3.56. The van der Waals surface area contributed by atoms with Gasteiger partial charge in [-0.2, -0.15) is 0 Å². The zero-order valence-corrected chi connectivity index (χ0v) is 9.87. The van der Waals surface area contributed by atoms with E-state index in [0.717, 1.165) is 13.0 Å². The molecule has 1 rings (SSSR count). The molecule has 0 fully saturated rings. The monoisotopic (exact) mass is 206 g/mol. The van der Waals surface area contributed by atoms with Crippen molar-refractivity contribution in [1.29, 1.82) is 0 Å². The lowest BCUT2D eigenvalue weighted by Crippen LogP contribution is -2.29. The van der Waals surface area contributed by atoms with Gasteiger partial charge in [-0.3, -0.25) is 4.98 Å². The maximum Gasteiger partial charge on any atom is 0.0404 e. The number of aryl methyl sites for hydroxylation is 1. The van der Waals surface area contributed by atoms with E-state index in [1.807, 2.05) is 12.3 Å². The normalized spacial score (nSPS) is 12.7. The first-order valence-electron chi connectivity index (χ1n) is 6.00. The molecule has 0 aliphatic carbocycles. The van der Waals surface area contributed by atoms with E-state index in [4.69, 9.17) is 0 Å². The molecule has 0 saturated heterocycles. The molecule has 84 valence electrons. The van der Waals surface area contributed by atoms with Crippen molar-refractivity contribution in [3.8, 4) is 0 Å². The summed E-state index contributed by atoms with van der Waals surface area (Å²) in [6.45, 7) is 5.57. The fourth-order valence-corrected chi connectivity index (χ4v) is 1.67. The topological polar surface area (TPSA) is 24.9 Å². The number of hydrogen-bond acceptors (Lipinski definition) is 2. The van der Waals surface area contributed by atoms with Gasteiger partial charge < -0.3 is 5.32 Å². The highest BCUT2D eigenvalue weighted by molar-refractivity contribution is 5.03. The highest BCUT2D eigenvalue weighted by Gasteiger charge is 2.04. The van der Waals surface area contributed by atoms with Gasteiger partial charge in [-0.15, -0.1) is 0 Å². The Morgan fingerprint density at radius 3 is 2.80 bits per heavy atom. The number of rotatable bonds is 7. The van der Waals surface area contributed by atoms with Gasteiger partial charge in [0.25, 0.3) is 0 Å². The number of hydrogen-bond donors (Lipinski definition) is 1. The second kappa shape index (κ2) is 7.41. The Labute approximate surface area is 93.1 Å². The van der Waals surface area contributed by atoms with E-state index in [0.29, 0.717) is 6.04 Å². The Bertz CT molecular complexity index is 246. The van der Waals surface area contributed by atoms with Crippen LogP contribution in [0, 0.1) is 0 Å². The van der Waals surface area contributed by atoms with Crippen molar-refractivity contribution >= 4 is 0 Å². The molecule has 0 amide bonds. The molecule has 1 unspecified atom stereocenters. The highest BCUT2D eigenvalue weighted by atomic mass is 14.9. The van der Waals surface area contributed by atoms with E-state index in [-0.39, 0.29) is 0 Å². The molecule has 2 heteroatoms. The van der Waals surface area contributed by atoms with E-state index in [1.165, 1.54) is 25.0 Å². The van der Waals surface area contributed by atoms with Gasteiger partial charge in [0.2, 0.25) is 0 Å². The number of aromatic nitrogens is 1. The molecule has 1 aromatic rings. The van der Waals surface area contributed by atoms with Crippen molar-refractivity contribution in [2.45, 2.75) is 45.6 Å². The molecule has 1 atom stereocenters. The Hall–Kier alpha value is -0.890. The second-order valence-corrected chi connectivity index (χ2v) is 3.92. The van der Waals surface area contributed by atoms with Crippen LogP contribution in [0.2, 0.25) is 0 Å². The molecule has 1 N–H and O–H groups in total. The molecule has 0 spiro atoms. The summed E-state index contributed by atoms with van der Waals surface area (Å²) >= 11 is 0. The van der Waals surface area contributed by atoms with Gasteiger partial charge in [-0.05, 0) is 44.4 Å². The van der Waals surface area contributed by atoms with Gasteiger partial charge in [0.15, 0.2) is 0 Å². The van der Waals surface area contributed by atoms with Crippen LogP contribution < -0.4 is 5.32 Å². The summed E-state index contributed by atoms with van der Waals surface area (Å²) in [5.74, 6) is 0. The first-order valence-corrected chi connectivity index (χ1v) is 6.00. The maximum absolute atomic E-state index is 4.34. The molecule has 0 bridgehead atoms. The first kappa shape index (κ1) is 12.2. The Kier molecular flexibility index (Phi) is 6.02. The summed E-state index contributed by atoms with van der Waals surface area (Å²) in [4.78, 5) is 4.34. The largest absolute Gasteiger partial charge is 0.314 e. The summed E-state index contributed by atoms with van der Waals surface area (Å²) < 4.78 is 0.